The molecule has 0 aromatic carbocycles. The molecule has 5 heteroatoms. The van der Waals surface area contributed by atoms with Crippen molar-refractivity contribution in [2.24, 2.45) is 0 Å². The van der Waals surface area contributed by atoms with E-state index in [1.54, 1.807) is 0 Å². The summed E-state index contributed by atoms with van der Waals surface area (Å²) in [5.74, 6) is 0.0970. The van der Waals surface area contributed by atoms with Gasteiger partial charge in [-0.05, 0) is 33.6 Å². The van der Waals surface area contributed by atoms with E-state index >= 15 is 0 Å². The summed E-state index contributed by atoms with van der Waals surface area (Å²) >= 11 is 0. The molecule has 106 valence electrons. The van der Waals surface area contributed by atoms with Gasteiger partial charge in [-0.25, -0.2) is 0 Å². The number of ether oxygens (including phenoxy) is 1. The molecule has 1 saturated heterocycles. The number of hydrogen-bond donors (Lipinski definition) is 2. The standard InChI is InChI=1S/C13H26N2O3/c1-10(2)14-13(17)11(3)15-6-4-12(5-7-15)18-9-8-16/h10-12,16H,4-9H2,1-3H3,(H,14,17). The summed E-state index contributed by atoms with van der Waals surface area (Å²) in [5.41, 5.74) is 0. The monoisotopic (exact) mass is 258 g/mol. The van der Waals surface area contributed by atoms with Gasteiger partial charge in [0.1, 0.15) is 0 Å². The van der Waals surface area contributed by atoms with Gasteiger partial charge in [0.2, 0.25) is 5.91 Å². The van der Waals surface area contributed by atoms with Gasteiger partial charge in [0.05, 0.1) is 25.4 Å². The van der Waals surface area contributed by atoms with E-state index in [1.165, 1.54) is 0 Å². The van der Waals surface area contributed by atoms with Crippen molar-refractivity contribution in [3.05, 3.63) is 0 Å². The van der Waals surface area contributed by atoms with Crippen molar-refractivity contribution in [3.8, 4) is 0 Å². The van der Waals surface area contributed by atoms with Crippen molar-refractivity contribution in [2.45, 2.75) is 51.8 Å². The fourth-order valence-corrected chi connectivity index (χ4v) is 2.22. The highest BCUT2D eigenvalue weighted by molar-refractivity contribution is 5.81. The van der Waals surface area contributed by atoms with E-state index < -0.39 is 0 Å². The molecule has 5 nitrogen and oxygen atoms in total. The van der Waals surface area contributed by atoms with Crippen LogP contribution in [0, 0.1) is 0 Å². The van der Waals surface area contributed by atoms with Gasteiger partial charge in [0.25, 0.3) is 0 Å². The van der Waals surface area contributed by atoms with E-state index in [-0.39, 0.29) is 30.7 Å². The molecule has 1 rings (SSSR count). The fraction of sp³-hybridized carbons (Fsp3) is 0.923. The fourth-order valence-electron chi connectivity index (χ4n) is 2.22. The molecule has 0 spiro atoms. The number of rotatable bonds is 6. The van der Waals surface area contributed by atoms with Crippen LogP contribution in [0.5, 0.6) is 0 Å². The first-order valence-corrected chi connectivity index (χ1v) is 6.81. The molecule has 0 aromatic rings. The van der Waals surface area contributed by atoms with E-state index in [0.29, 0.717) is 6.61 Å². The third-order valence-corrected chi connectivity index (χ3v) is 3.28. The average Bonchev–Trinajstić information content (AvgIpc) is 2.35. The Labute approximate surface area is 109 Å². The van der Waals surface area contributed by atoms with Crippen molar-refractivity contribution >= 4 is 5.91 Å². The Morgan fingerprint density at radius 3 is 2.50 bits per heavy atom. The van der Waals surface area contributed by atoms with E-state index in [1.807, 2.05) is 20.8 Å². The second kappa shape index (κ2) is 7.71. The molecule has 0 bridgehead atoms. The lowest BCUT2D eigenvalue weighted by Gasteiger charge is -2.35. The van der Waals surface area contributed by atoms with E-state index in [2.05, 4.69) is 10.2 Å². The van der Waals surface area contributed by atoms with E-state index in [9.17, 15) is 4.79 Å². The molecular formula is C13H26N2O3. The minimum Gasteiger partial charge on any atom is -0.394 e. The first-order chi connectivity index (χ1) is 8.54. The lowest BCUT2D eigenvalue weighted by molar-refractivity contribution is -0.127. The van der Waals surface area contributed by atoms with E-state index in [0.717, 1.165) is 25.9 Å². The van der Waals surface area contributed by atoms with Crippen LogP contribution < -0.4 is 5.32 Å². The van der Waals surface area contributed by atoms with Gasteiger partial charge < -0.3 is 15.2 Å². The maximum atomic E-state index is 11.9. The van der Waals surface area contributed by atoms with Gasteiger partial charge in [-0.1, -0.05) is 0 Å². The highest BCUT2D eigenvalue weighted by Gasteiger charge is 2.26. The Hall–Kier alpha value is -0.650. The summed E-state index contributed by atoms with van der Waals surface area (Å²) in [6.07, 6.45) is 2.09. The van der Waals surface area contributed by atoms with Crippen LogP contribution in [0.25, 0.3) is 0 Å². The van der Waals surface area contributed by atoms with Gasteiger partial charge in [-0.2, -0.15) is 0 Å². The molecule has 2 N–H and O–H groups in total. The lowest BCUT2D eigenvalue weighted by atomic mass is 10.1. The Morgan fingerprint density at radius 1 is 1.39 bits per heavy atom. The smallest absolute Gasteiger partial charge is 0.237 e. The van der Waals surface area contributed by atoms with Gasteiger partial charge in [0.15, 0.2) is 0 Å². The highest BCUT2D eigenvalue weighted by Crippen LogP contribution is 2.16. The normalized spacial score (nSPS) is 20.1. The molecule has 1 fully saturated rings. The van der Waals surface area contributed by atoms with Crippen molar-refractivity contribution in [2.75, 3.05) is 26.3 Å². The van der Waals surface area contributed by atoms with Crippen LogP contribution in [-0.4, -0.2) is 60.4 Å². The average molecular weight is 258 g/mol. The third kappa shape index (κ3) is 4.92. The van der Waals surface area contributed by atoms with Gasteiger partial charge in [-0.3, -0.25) is 9.69 Å². The predicted molar refractivity (Wildman–Crippen MR) is 70.4 cm³/mol. The molecule has 1 atom stereocenters. The minimum absolute atomic E-state index is 0.0768. The number of aliphatic hydroxyl groups excluding tert-OH is 1. The molecule has 0 radical (unpaired) electrons. The largest absolute Gasteiger partial charge is 0.394 e. The molecule has 0 saturated carbocycles. The summed E-state index contributed by atoms with van der Waals surface area (Å²) in [7, 11) is 0. The molecule has 1 unspecified atom stereocenters. The summed E-state index contributed by atoms with van der Waals surface area (Å²) in [6, 6.07) is 0.108. The van der Waals surface area contributed by atoms with Crippen molar-refractivity contribution in [1.82, 2.24) is 10.2 Å². The zero-order valence-electron chi connectivity index (χ0n) is 11.7. The highest BCUT2D eigenvalue weighted by atomic mass is 16.5. The van der Waals surface area contributed by atoms with Crippen LogP contribution in [0.15, 0.2) is 0 Å². The van der Waals surface area contributed by atoms with Crippen LogP contribution in [0.3, 0.4) is 0 Å². The maximum absolute atomic E-state index is 11.9. The van der Waals surface area contributed by atoms with Crippen molar-refractivity contribution in [3.63, 3.8) is 0 Å². The van der Waals surface area contributed by atoms with Crippen LogP contribution in [0.2, 0.25) is 0 Å². The van der Waals surface area contributed by atoms with Gasteiger partial charge >= 0.3 is 0 Å². The van der Waals surface area contributed by atoms with E-state index in [4.69, 9.17) is 9.84 Å². The summed E-state index contributed by atoms with van der Waals surface area (Å²) in [6.45, 7) is 8.14. The number of likely N-dealkylation sites (tertiary alicyclic amines) is 1. The molecule has 1 heterocycles. The molecule has 18 heavy (non-hydrogen) atoms. The Kier molecular flexibility index (Phi) is 6.60. The summed E-state index contributed by atoms with van der Waals surface area (Å²) < 4.78 is 5.51. The maximum Gasteiger partial charge on any atom is 0.237 e. The second-order valence-corrected chi connectivity index (χ2v) is 5.17. The molecule has 1 amide bonds. The Balaban J connectivity index is 2.31. The van der Waals surface area contributed by atoms with Crippen LogP contribution in [0.1, 0.15) is 33.6 Å². The second-order valence-electron chi connectivity index (χ2n) is 5.17. The zero-order valence-corrected chi connectivity index (χ0v) is 11.7. The molecule has 1 aliphatic rings. The number of hydrogen-bond acceptors (Lipinski definition) is 4. The Bertz CT molecular complexity index is 251. The first-order valence-electron chi connectivity index (χ1n) is 6.81. The molecule has 1 aliphatic heterocycles. The third-order valence-electron chi connectivity index (χ3n) is 3.28. The van der Waals surface area contributed by atoms with Crippen LogP contribution >= 0.6 is 0 Å². The first kappa shape index (κ1) is 15.4. The molecule has 0 aromatic heterocycles. The number of piperidine rings is 1. The molecular weight excluding hydrogens is 232 g/mol. The Morgan fingerprint density at radius 2 is 2.00 bits per heavy atom. The predicted octanol–water partition coefficient (Wildman–Crippen LogP) is 0.373. The van der Waals surface area contributed by atoms with Crippen LogP contribution in [0.4, 0.5) is 0 Å². The summed E-state index contributed by atoms with van der Waals surface area (Å²) in [5, 5.41) is 11.6. The number of carbonyl (C=O) groups excluding carboxylic acids is 1. The SMILES string of the molecule is CC(C)NC(=O)C(C)N1CCC(OCCO)CC1. The summed E-state index contributed by atoms with van der Waals surface area (Å²) in [4.78, 5) is 14.1. The van der Waals surface area contributed by atoms with Crippen molar-refractivity contribution in [1.29, 1.82) is 0 Å². The topological polar surface area (TPSA) is 61.8 Å². The van der Waals surface area contributed by atoms with Crippen molar-refractivity contribution < 1.29 is 14.6 Å². The van der Waals surface area contributed by atoms with Gasteiger partial charge in [-0.15, -0.1) is 0 Å². The number of aliphatic hydroxyl groups is 1. The zero-order chi connectivity index (χ0) is 13.5. The quantitative estimate of drug-likeness (QED) is 0.723. The minimum atomic E-state index is -0.0776. The number of nitrogens with one attached hydrogen (secondary N) is 1. The van der Waals surface area contributed by atoms with Gasteiger partial charge in [0, 0.05) is 19.1 Å². The molecule has 0 aliphatic carbocycles. The number of nitrogens with zero attached hydrogens (tertiary/aromatic N) is 1. The lowest BCUT2D eigenvalue weighted by Crippen LogP contribution is -2.50. The number of carbonyl (C=O) groups is 1. The number of amides is 1. The van der Waals surface area contributed by atoms with Crippen LogP contribution in [-0.2, 0) is 9.53 Å².